The Hall–Kier alpha value is -3.09. The zero-order chi connectivity index (χ0) is 26.6. The van der Waals surface area contributed by atoms with E-state index in [2.05, 4.69) is 36.3 Å². The number of hydrogen-bond donors (Lipinski definition) is 3. The minimum absolute atomic E-state index is 0.0159. The van der Waals surface area contributed by atoms with Gasteiger partial charge in [-0.05, 0) is 49.8 Å². The van der Waals surface area contributed by atoms with E-state index in [9.17, 15) is 9.18 Å². The summed E-state index contributed by atoms with van der Waals surface area (Å²) in [6.45, 7) is 1.58. The minimum atomic E-state index is -0.539. The van der Waals surface area contributed by atoms with Crippen molar-refractivity contribution in [3.05, 3.63) is 53.5 Å². The van der Waals surface area contributed by atoms with Gasteiger partial charge in [0.25, 0.3) is 5.91 Å². The van der Waals surface area contributed by atoms with Crippen molar-refractivity contribution in [1.82, 2.24) is 34.8 Å². The Labute approximate surface area is 220 Å². The number of benzene rings is 1. The lowest BCUT2D eigenvalue weighted by Gasteiger charge is -2.20. The SMILES string of the molecule is CSNC1CCCCC1.Cc1nc(C(=O)NCc2ccc(F)c(OCCO)c2)cc(-c2ncn(C)n2)n1. The zero-order valence-corrected chi connectivity index (χ0v) is 22.2. The lowest BCUT2D eigenvalue weighted by atomic mass is 9.96. The van der Waals surface area contributed by atoms with E-state index >= 15 is 0 Å². The molecule has 12 heteroatoms. The quantitative estimate of drug-likeness (QED) is 0.357. The van der Waals surface area contributed by atoms with Crippen LogP contribution in [0.15, 0.2) is 30.6 Å². The van der Waals surface area contributed by atoms with E-state index in [0.29, 0.717) is 22.9 Å². The molecule has 1 amide bonds. The molecule has 1 saturated carbocycles. The van der Waals surface area contributed by atoms with Gasteiger partial charge in [0.05, 0.1) is 6.61 Å². The summed E-state index contributed by atoms with van der Waals surface area (Å²) in [6, 6.07) is 6.58. The van der Waals surface area contributed by atoms with Crippen LogP contribution in [-0.2, 0) is 13.6 Å². The molecule has 2 heterocycles. The number of nitrogens with zero attached hydrogens (tertiary/aromatic N) is 5. The number of rotatable bonds is 9. The van der Waals surface area contributed by atoms with Crippen LogP contribution in [0.2, 0.25) is 0 Å². The highest BCUT2D eigenvalue weighted by molar-refractivity contribution is 7.96. The molecular weight excluding hydrogens is 497 g/mol. The van der Waals surface area contributed by atoms with E-state index in [1.165, 1.54) is 67.4 Å². The molecule has 1 aliphatic rings. The largest absolute Gasteiger partial charge is 0.488 e. The second-order valence-corrected chi connectivity index (χ2v) is 9.25. The van der Waals surface area contributed by atoms with Crippen molar-refractivity contribution in [2.24, 2.45) is 7.05 Å². The third-order valence-corrected chi connectivity index (χ3v) is 6.16. The van der Waals surface area contributed by atoms with Crippen LogP contribution in [-0.4, -0.2) is 61.3 Å². The van der Waals surface area contributed by atoms with Crippen LogP contribution in [0.1, 0.15) is 54.0 Å². The Kier molecular flexibility index (Phi) is 11.2. The molecule has 3 aromatic rings. The molecule has 2 aromatic heterocycles. The first kappa shape index (κ1) is 28.5. The van der Waals surface area contributed by atoms with Crippen LogP contribution in [0.3, 0.4) is 0 Å². The smallest absolute Gasteiger partial charge is 0.270 e. The van der Waals surface area contributed by atoms with E-state index in [-0.39, 0.29) is 31.2 Å². The van der Waals surface area contributed by atoms with Gasteiger partial charge in [-0.1, -0.05) is 37.3 Å². The monoisotopic (exact) mass is 531 g/mol. The topological polar surface area (TPSA) is 127 Å². The summed E-state index contributed by atoms with van der Waals surface area (Å²) in [6.07, 6.45) is 10.7. The number of amides is 1. The second-order valence-electron chi connectivity index (χ2n) is 8.60. The Morgan fingerprint density at radius 3 is 2.70 bits per heavy atom. The molecule has 0 radical (unpaired) electrons. The molecular formula is C25H34FN7O3S. The van der Waals surface area contributed by atoms with E-state index in [0.717, 1.165) is 6.04 Å². The summed E-state index contributed by atoms with van der Waals surface area (Å²) in [4.78, 5) is 25.0. The molecule has 1 aliphatic carbocycles. The molecule has 37 heavy (non-hydrogen) atoms. The molecule has 0 bridgehead atoms. The standard InChI is InChI=1S/C18H19FN6O3.C7H15NS/c1-11-22-14(17-21-10-25(2)24-17)8-15(23-11)18(27)20-9-12-3-4-13(19)16(7-12)28-6-5-26;1-9-8-7-5-3-2-4-6-7/h3-4,7-8,10,26H,5-6,9H2,1-2H3,(H,20,27);7-8H,2-6H2,1H3. The predicted molar refractivity (Wildman–Crippen MR) is 140 cm³/mol. The first-order valence-corrected chi connectivity index (χ1v) is 13.4. The third kappa shape index (κ3) is 9.06. The van der Waals surface area contributed by atoms with Crippen LogP contribution in [0.25, 0.3) is 11.5 Å². The Balaban J connectivity index is 0.000000356. The molecule has 0 atom stereocenters. The Morgan fingerprint density at radius 2 is 2.03 bits per heavy atom. The van der Waals surface area contributed by atoms with Gasteiger partial charge >= 0.3 is 0 Å². The molecule has 0 saturated heterocycles. The van der Waals surface area contributed by atoms with Crippen molar-refractivity contribution < 1.29 is 19.0 Å². The molecule has 200 valence electrons. The number of nitrogens with one attached hydrogen (secondary N) is 2. The van der Waals surface area contributed by atoms with Gasteiger partial charge in [-0.3, -0.25) is 14.2 Å². The maximum Gasteiger partial charge on any atom is 0.270 e. The molecule has 0 unspecified atom stereocenters. The molecule has 0 aliphatic heterocycles. The van der Waals surface area contributed by atoms with Gasteiger partial charge in [-0.15, -0.1) is 5.10 Å². The first-order valence-electron chi connectivity index (χ1n) is 12.2. The molecule has 10 nitrogen and oxygen atoms in total. The number of carbonyl (C=O) groups is 1. The molecule has 0 spiro atoms. The highest BCUT2D eigenvalue weighted by atomic mass is 32.2. The zero-order valence-electron chi connectivity index (χ0n) is 21.4. The number of hydrogen-bond acceptors (Lipinski definition) is 9. The minimum Gasteiger partial charge on any atom is -0.488 e. The molecule has 4 rings (SSSR count). The van der Waals surface area contributed by atoms with Gasteiger partial charge in [0.2, 0.25) is 0 Å². The molecule has 1 fully saturated rings. The second kappa shape index (κ2) is 14.6. The highest BCUT2D eigenvalue weighted by Crippen LogP contribution is 2.20. The van der Waals surface area contributed by atoms with Crippen LogP contribution in [0.4, 0.5) is 4.39 Å². The van der Waals surface area contributed by atoms with Crippen molar-refractivity contribution in [1.29, 1.82) is 0 Å². The van der Waals surface area contributed by atoms with Crippen LogP contribution in [0.5, 0.6) is 5.75 Å². The van der Waals surface area contributed by atoms with E-state index in [1.807, 2.05) is 0 Å². The first-order chi connectivity index (χ1) is 17.9. The fraction of sp³-hybridized carbons (Fsp3) is 0.480. The fourth-order valence-electron chi connectivity index (χ4n) is 3.84. The summed E-state index contributed by atoms with van der Waals surface area (Å²) in [5.74, 6) is -0.127. The summed E-state index contributed by atoms with van der Waals surface area (Å²) in [5.41, 5.74) is 1.26. The summed E-state index contributed by atoms with van der Waals surface area (Å²) in [7, 11) is 1.74. The average molecular weight is 532 g/mol. The summed E-state index contributed by atoms with van der Waals surface area (Å²) in [5, 5.41) is 15.7. The van der Waals surface area contributed by atoms with Gasteiger partial charge in [0.1, 0.15) is 30.1 Å². The fourth-order valence-corrected chi connectivity index (χ4v) is 4.41. The van der Waals surface area contributed by atoms with E-state index in [4.69, 9.17) is 9.84 Å². The van der Waals surface area contributed by atoms with Crippen LogP contribution < -0.4 is 14.8 Å². The Morgan fingerprint density at radius 1 is 1.24 bits per heavy atom. The number of aliphatic hydroxyl groups excluding tert-OH is 1. The van der Waals surface area contributed by atoms with Crippen molar-refractivity contribution in [3.63, 3.8) is 0 Å². The van der Waals surface area contributed by atoms with Crippen molar-refractivity contribution >= 4 is 17.9 Å². The number of aliphatic hydroxyl groups is 1. The van der Waals surface area contributed by atoms with Gasteiger partial charge in [-0.2, -0.15) is 0 Å². The maximum atomic E-state index is 13.7. The summed E-state index contributed by atoms with van der Waals surface area (Å²) < 4.78 is 23.8. The molecule has 1 aromatic carbocycles. The van der Waals surface area contributed by atoms with Crippen molar-refractivity contribution in [2.75, 3.05) is 19.5 Å². The third-order valence-electron chi connectivity index (χ3n) is 5.59. The van der Waals surface area contributed by atoms with Gasteiger partial charge in [0, 0.05) is 19.6 Å². The number of aryl methyl sites for hydroxylation is 2. The van der Waals surface area contributed by atoms with E-state index < -0.39 is 11.7 Å². The lowest BCUT2D eigenvalue weighted by molar-refractivity contribution is 0.0945. The van der Waals surface area contributed by atoms with Crippen molar-refractivity contribution in [3.8, 4) is 17.3 Å². The van der Waals surface area contributed by atoms with Crippen molar-refractivity contribution in [2.45, 2.75) is 51.6 Å². The van der Waals surface area contributed by atoms with Crippen LogP contribution in [0, 0.1) is 12.7 Å². The van der Waals surface area contributed by atoms with Gasteiger partial charge in [0.15, 0.2) is 17.4 Å². The van der Waals surface area contributed by atoms with E-state index in [1.54, 1.807) is 25.9 Å². The lowest BCUT2D eigenvalue weighted by Crippen LogP contribution is -2.24. The van der Waals surface area contributed by atoms with Crippen LogP contribution >= 0.6 is 11.9 Å². The van der Waals surface area contributed by atoms with Gasteiger partial charge in [-0.25, -0.2) is 19.3 Å². The average Bonchev–Trinajstić information content (AvgIpc) is 3.34. The highest BCUT2D eigenvalue weighted by Gasteiger charge is 2.14. The predicted octanol–water partition coefficient (Wildman–Crippen LogP) is 3.21. The number of halogens is 1. The maximum absolute atomic E-state index is 13.7. The normalized spacial score (nSPS) is 13.5. The number of carbonyl (C=O) groups excluding carboxylic acids is 1. The molecule has 3 N–H and O–H groups in total. The number of ether oxygens (including phenoxy) is 1. The number of aromatic nitrogens is 5. The summed E-state index contributed by atoms with van der Waals surface area (Å²) >= 11 is 1.76. The van der Waals surface area contributed by atoms with Gasteiger partial charge < -0.3 is 15.2 Å². The Bertz CT molecular complexity index is 1150.